The number of amides is 4. The Morgan fingerprint density at radius 3 is 2.46 bits per heavy atom. The summed E-state index contributed by atoms with van der Waals surface area (Å²) in [5.41, 5.74) is 0.882. The van der Waals surface area contributed by atoms with Gasteiger partial charge in [-0.1, -0.05) is 26.2 Å². The van der Waals surface area contributed by atoms with Gasteiger partial charge in [-0.05, 0) is 44.4 Å². The minimum Gasteiger partial charge on any atom is -0.354 e. The molecule has 1 aromatic carbocycles. The third-order valence-corrected chi connectivity index (χ3v) is 5.41. The van der Waals surface area contributed by atoms with E-state index in [1.165, 1.54) is 23.1 Å². The Kier molecular flexibility index (Phi) is 6.11. The molecule has 7 heteroatoms. The highest BCUT2D eigenvalue weighted by Gasteiger charge is 2.40. The Balaban J connectivity index is 1.73. The van der Waals surface area contributed by atoms with Crippen LogP contribution in [0, 0.1) is 0 Å². The van der Waals surface area contributed by atoms with Gasteiger partial charge in [0.15, 0.2) is 0 Å². The van der Waals surface area contributed by atoms with Gasteiger partial charge in [0, 0.05) is 18.2 Å². The molecule has 1 atom stereocenters. The van der Waals surface area contributed by atoms with Crippen molar-refractivity contribution in [2.24, 2.45) is 0 Å². The SMILES string of the molecule is CCCNC(=O)C(C)NC(=O)c1ccc2c(c1)C(=O)N(C1CCCCC1)C2=O. The Morgan fingerprint density at radius 2 is 1.79 bits per heavy atom. The van der Waals surface area contributed by atoms with Crippen LogP contribution in [0.4, 0.5) is 0 Å². The Morgan fingerprint density at radius 1 is 1.11 bits per heavy atom. The third kappa shape index (κ3) is 3.93. The van der Waals surface area contributed by atoms with Gasteiger partial charge in [0.05, 0.1) is 11.1 Å². The molecule has 2 N–H and O–H groups in total. The zero-order valence-corrected chi connectivity index (χ0v) is 16.4. The molecule has 1 unspecified atom stereocenters. The molecule has 3 rings (SSSR count). The summed E-state index contributed by atoms with van der Waals surface area (Å²) in [6.07, 6.45) is 5.65. The van der Waals surface area contributed by atoms with Gasteiger partial charge in [-0.15, -0.1) is 0 Å². The van der Waals surface area contributed by atoms with Crippen molar-refractivity contribution in [2.45, 2.75) is 64.5 Å². The van der Waals surface area contributed by atoms with Gasteiger partial charge < -0.3 is 10.6 Å². The van der Waals surface area contributed by atoms with Crippen molar-refractivity contribution in [2.75, 3.05) is 6.54 Å². The zero-order chi connectivity index (χ0) is 20.3. The van der Waals surface area contributed by atoms with E-state index in [9.17, 15) is 19.2 Å². The van der Waals surface area contributed by atoms with Crippen molar-refractivity contribution < 1.29 is 19.2 Å². The molecular weight excluding hydrogens is 358 g/mol. The molecule has 1 aliphatic heterocycles. The molecule has 2 aliphatic rings. The van der Waals surface area contributed by atoms with Crippen molar-refractivity contribution in [1.29, 1.82) is 0 Å². The van der Waals surface area contributed by atoms with Crippen molar-refractivity contribution in [1.82, 2.24) is 15.5 Å². The fourth-order valence-corrected chi connectivity index (χ4v) is 3.82. The second kappa shape index (κ2) is 8.54. The number of imide groups is 1. The van der Waals surface area contributed by atoms with Crippen LogP contribution in [-0.4, -0.2) is 47.2 Å². The minimum atomic E-state index is -0.691. The summed E-state index contributed by atoms with van der Waals surface area (Å²) in [6.45, 7) is 4.10. The minimum absolute atomic E-state index is 0.0549. The number of rotatable bonds is 6. The number of fused-ring (bicyclic) bond motifs is 1. The van der Waals surface area contributed by atoms with Gasteiger partial charge in [-0.2, -0.15) is 0 Å². The van der Waals surface area contributed by atoms with E-state index in [0.29, 0.717) is 12.1 Å². The van der Waals surface area contributed by atoms with Crippen LogP contribution in [0.2, 0.25) is 0 Å². The normalized spacial score (nSPS) is 18.0. The molecule has 1 aromatic rings. The molecule has 0 radical (unpaired) electrons. The first-order chi connectivity index (χ1) is 13.4. The highest BCUT2D eigenvalue weighted by molar-refractivity contribution is 6.22. The topological polar surface area (TPSA) is 95.6 Å². The third-order valence-electron chi connectivity index (χ3n) is 5.41. The molecule has 0 saturated heterocycles. The summed E-state index contributed by atoms with van der Waals surface area (Å²) >= 11 is 0. The number of nitrogens with one attached hydrogen (secondary N) is 2. The van der Waals surface area contributed by atoms with Crippen molar-refractivity contribution >= 4 is 23.6 Å². The lowest BCUT2D eigenvalue weighted by molar-refractivity contribution is -0.122. The fourth-order valence-electron chi connectivity index (χ4n) is 3.82. The Hall–Kier alpha value is -2.70. The lowest BCUT2D eigenvalue weighted by Gasteiger charge is -2.29. The van der Waals surface area contributed by atoms with Gasteiger partial charge >= 0.3 is 0 Å². The predicted molar refractivity (Wildman–Crippen MR) is 104 cm³/mol. The van der Waals surface area contributed by atoms with E-state index in [1.54, 1.807) is 6.92 Å². The predicted octanol–water partition coefficient (Wildman–Crippen LogP) is 2.26. The summed E-state index contributed by atoms with van der Waals surface area (Å²) in [4.78, 5) is 51.4. The molecule has 1 aliphatic carbocycles. The average molecular weight is 385 g/mol. The number of nitrogens with zero attached hydrogens (tertiary/aromatic N) is 1. The van der Waals surface area contributed by atoms with Gasteiger partial charge in [-0.3, -0.25) is 24.1 Å². The van der Waals surface area contributed by atoms with E-state index in [4.69, 9.17) is 0 Å². The van der Waals surface area contributed by atoms with Gasteiger partial charge in [0.25, 0.3) is 17.7 Å². The Labute approximate surface area is 164 Å². The molecule has 150 valence electrons. The van der Waals surface area contributed by atoms with Crippen molar-refractivity contribution in [3.8, 4) is 0 Å². The molecule has 0 bridgehead atoms. The van der Waals surface area contributed by atoms with Crippen LogP contribution in [0.25, 0.3) is 0 Å². The highest BCUT2D eigenvalue weighted by Crippen LogP contribution is 2.31. The van der Waals surface area contributed by atoms with Crippen LogP contribution in [0.15, 0.2) is 18.2 Å². The molecule has 28 heavy (non-hydrogen) atoms. The van der Waals surface area contributed by atoms with Gasteiger partial charge in [0.2, 0.25) is 5.91 Å². The molecule has 4 amide bonds. The summed E-state index contributed by atoms with van der Waals surface area (Å²) in [6, 6.07) is 3.78. The molecule has 1 saturated carbocycles. The van der Waals surface area contributed by atoms with Crippen LogP contribution in [0.5, 0.6) is 0 Å². The molecular formula is C21H27N3O4. The molecule has 1 fully saturated rings. The van der Waals surface area contributed by atoms with E-state index in [2.05, 4.69) is 10.6 Å². The standard InChI is InChI=1S/C21H27N3O4/c1-3-11-22-18(25)13(2)23-19(26)14-9-10-16-17(12-14)21(28)24(20(16)27)15-7-5-4-6-8-15/h9-10,12-13,15H,3-8,11H2,1-2H3,(H,22,25)(H,23,26). The lowest BCUT2D eigenvalue weighted by Crippen LogP contribution is -2.45. The van der Waals surface area contributed by atoms with E-state index in [0.717, 1.165) is 38.5 Å². The number of benzene rings is 1. The summed E-state index contributed by atoms with van der Waals surface area (Å²) in [5, 5.41) is 5.36. The molecule has 1 heterocycles. The summed E-state index contributed by atoms with van der Waals surface area (Å²) < 4.78 is 0. The number of hydrogen-bond acceptors (Lipinski definition) is 4. The zero-order valence-electron chi connectivity index (χ0n) is 16.4. The summed E-state index contributed by atoms with van der Waals surface area (Å²) in [7, 11) is 0. The highest BCUT2D eigenvalue weighted by atomic mass is 16.2. The van der Waals surface area contributed by atoms with E-state index in [1.807, 2.05) is 6.92 Å². The first-order valence-corrected chi connectivity index (χ1v) is 10.0. The van der Waals surface area contributed by atoms with Crippen LogP contribution < -0.4 is 10.6 Å². The largest absolute Gasteiger partial charge is 0.354 e. The second-order valence-corrected chi connectivity index (χ2v) is 7.52. The maximum atomic E-state index is 12.8. The fraction of sp³-hybridized carbons (Fsp3) is 0.524. The van der Waals surface area contributed by atoms with Crippen LogP contribution in [0.1, 0.15) is 83.4 Å². The van der Waals surface area contributed by atoms with Crippen molar-refractivity contribution in [3.05, 3.63) is 34.9 Å². The number of hydrogen-bond donors (Lipinski definition) is 2. The van der Waals surface area contributed by atoms with Crippen molar-refractivity contribution in [3.63, 3.8) is 0 Å². The van der Waals surface area contributed by atoms with Gasteiger partial charge in [-0.25, -0.2) is 0 Å². The Bertz CT molecular complexity index is 799. The van der Waals surface area contributed by atoms with Crippen LogP contribution in [0.3, 0.4) is 0 Å². The summed E-state index contributed by atoms with van der Waals surface area (Å²) in [5.74, 6) is -1.30. The first kappa shape index (κ1) is 20.0. The van der Waals surface area contributed by atoms with E-state index in [-0.39, 0.29) is 34.9 Å². The number of carbonyl (C=O) groups is 4. The first-order valence-electron chi connectivity index (χ1n) is 10.0. The monoisotopic (exact) mass is 385 g/mol. The van der Waals surface area contributed by atoms with Crippen LogP contribution >= 0.6 is 0 Å². The number of carbonyl (C=O) groups excluding carboxylic acids is 4. The molecule has 7 nitrogen and oxygen atoms in total. The van der Waals surface area contributed by atoms with E-state index >= 15 is 0 Å². The smallest absolute Gasteiger partial charge is 0.261 e. The lowest BCUT2D eigenvalue weighted by atomic mass is 9.94. The van der Waals surface area contributed by atoms with E-state index < -0.39 is 11.9 Å². The second-order valence-electron chi connectivity index (χ2n) is 7.52. The molecule has 0 aromatic heterocycles. The van der Waals surface area contributed by atoms with Crippen LogP contribution in [-0.2, 0) is 4.79 Å². The van der Waals surface area contributed by atoms with Gasteiger partial charge in [0.1, 0.15) is 6.04 Å². The molecule has 0 spiro atoms. The maximum absolute atomic E-state index is 12.8. The quantitative estimate of drug-likeness (QED) is 0.734. The average Bonchev–Trinajstić information content (AvgIpc) is 2.96. The maximum Gasteiger partial charge on any atom is 0.261 e.